The van der Waals surface area contributed by atoms with E-state index in [0.29, 0.717) is 0 Å². The van der Waals surface area contributed by atoms with E-state index in [4.69, 9.17) is 0 Å². The lowest BCUT2D eigenvalue weighted by Gasteiger charge is -2.04. The van der Waals surface area contributed by atoms with E-state index in [0.717, 1.165) is 25.9 Å². The van der Waals surface area contributed by atoms with Gasteiger partial charge in [-0.05, 0) is 37.1 Å². The molecule has 76 valence electrons. The Morgan fingerprint density at radius 2 is 1.79 bits per heavy atom. The highest BCUT2D eigenvalue weighted by molar-refractivity contribution is 5.85. The second-order valence-corrected chi connectivity index (χ2v) is 3.38. The first kappa shape index (κ1) is 11.3. The molecule has 1 heterocycles. The Balaban J connectivity index is 0.000000980. The zero-order valence-electron chi connectivity index (χ0n) is 8.20. The van der Waals surface area contributed by atoms with E-state index in [-0.39, 0.29) is 12.4 Å². The number of halogens is 1. The molecular weight excluding hydrogens is 194 g/mol. The largest absolute Gasteiger partial charge is 0.316 e. The molecule has 1 N–H and O–H groups in total. The smallest absolute Gasteiger partial charge is 0.000812 e. The molecule has 0 amide bonds. The molecule has 2 heteroatoms. The van der Waals surface area contributed by atoms with Crippen LogP contribution in [0.5, 0.6) is 0 Å². The summed E-state index contributed by atoms with van der Waals surface area (Å²) in [6.07, 6.45) is 4.67. The molecule has 0 aliphatic carbocycles. The summed E-state index contributed by atoms with van der Waals surface area (Å²) in [6.45, 7) is 2.23. The second kappa shape index (κ2) is 5.84. The van der Waals surface area contributed by atoms with Crippen LogP contribution in [0, 0.1) is 0 Å². The number of hydrogen-bond acceptors (Lipinski definition) is 1. The summed E-state index contributed by atoms with van der Waals surface area (Å²) in [7, 11) is 0. The minimum absolute atomic E-state index is 0. The van der Waals surface area contributed by atoms with Gasteiger partial charge in [-0.2, -0.15) is 0 Å². The van der Waals surface area contributed by atoms with Crippen molar-refractivity contribution in [2.24, 2.45) is 0 Å². The Kier molecular flexibility index (Phi) is 4.71. The molecule has 0 saturated carbocycles. The van der Waals surface area contributed by atoms with Crippen LogP contribution in [0.4, 0.5) is 0 Å². The maximum absolute atomic E-state index is 3.39. The van der Waals surface area contributed by atoms with E-state index in [2.05, 4.69) is 41.7 Å². The average Bonchev–Trinajstić information content (AvgIpc) is 2.47. The molecule has 1 aromatic rings. The maximum Gasteiger partial charge on any atom is -0.000812 e. The van der Waals surface area contributed by atoms with Gasteiger partial charge in [0.15, 0.2) is 0 Å². The Morgan fingerprint density at radius 1 is 1.00 bits per heavy atom. The molecular formula is C12H16ClN. The highest BCUT2D eigenvalue weighted by atomic mass is 35.5. The van der Waals surface area contributed by atoms with E-state index in [1.165, 1.54) is 11.1 Å². The third kappa shape index (κ3) is 2.86. The highest BCUT2D eigenvalue weighted by Gasteiger charge is 2.03. The number of nitrogens with one attached hydrogen (secondary N) is 1. The van der Waals surface area contributed by atoms with Gasteiger partial charge < -0.3 is 5.32 Å². The number of rotatable bonds is 1. The molecule has 1 aliphatic rings. The third-order valence-electron chi connectivity index (χ3n) is 2.43. The van der Waals surface area contributed by atoms with Gasteiger partial charge in [-0.15, -0.1) is 12.4 Å². The second-order valence-electron chi connectivity index (χ2n) is 3.38. The van der Waals surface area contributed by atoms with Crippen molar-refractivity contribution < 1.29 is 0 Å². The van der Waals surface area contributed by atoms with Gasteiger partial charge in [-0.25, -0.2) is 0 Å². The van der Waals surface area contributed by atoms with E-state index in [1.807, 2.05) is 0 Å². The summed E-state index contributed by atoms with van der Waals surface area (Å²) >= 11 is 0. The number of hydrogen-bond donors (Lipinski definition) is 1. The molecule has 0 radical (unpaired) electrons. The summed E-state index contributed by atoms with van der Waals surface area (Å²) in [5.41, 5.74) is 2.87. The van der Waals surface area contributed by atoms with Crippen LogP contribution in [0.2, 0.25) is 0 Å². The number of benzene rings is 1. The van der Waals surface area contributed by atoms with E-state index in [1.54, 1.807) is 0 Å². The molecule has 0 saturated heterocycles. The van der Waals surface area contributed by atoms with Crippen LogP contribution in [0.25, 0.3) is 5.57 Å². The van der Waals surface area contributed by atoms with Gasteiger partial charge in [0.25, 0.3) is 0 Å². The molecule has 0 fully saturated rings. The van der Waals surface area contributed by atoms with Gasteiger partial charge in [-0.1, -0.05) is 36.4 Å². The van der Waals surface area contributed by atoms with Crippen LogP contribution in [0.1, 0.15) is 18.4 Å². The molecule has 1 aromatic carbocycles. The summed E-state index contributed by atoms with van der Waals surface area (Å²) in [5.74, 6) is 0. The first-order valence-electron chi connectivity index (χ1n) is 4.92. The maximum atomic E-state index is 3.39. The molecule has 0 aromatic heterocycles. The Bertz CT molecular complexity index is 292. The molecule has 1 nitrogen and oxygen atoms in total. The predicted molar refractivity (Wildman–Crippen MR) is 63.8 cm³/mol. The van der Waals surface area contributed by atoms with Gasteiger partial charge >= 0.3 is 0 Å². The summed E-state index contributed by atoms with van der Waals surface area (Å²) in [5, 5.41) is 3.39. The van der Waals surface area contributed by atoms with Gasteiger partial charge in [0.05, 0.1) is 0 Å². The highest BCUT2D eigenvalue weighted by Crippen LogP contribution is 2.19. The van der Waals surface area contributed by atoms with E-state index >= 15 is 0 Å². The van der Waals surface area contributed by atoms with Crippen LogP contribution in [0.15, 0.2) is 36.4 Å². The Hall–Kier alpha value is -0.790. The quantitative estimate of drug-likeness (QED) is 0.750. The SMILES string of the molecule is C1=C(c2ccccc2)CCNCC1.Cl. The first-order valence-corrected chi connectivity index (χ1v) is 4.92. The van der Waals surface area contributed by atoms with Crippen molar-refractivity contribution in [2.45, 2.75) is 12.8 Å². The van der Waals surface area contributed by atoms with Gasteiger partial charge in [0, 0.05) is 0 Å². The van der Waals surface area contributed by atoms with Gasteiger partial charge in [-0.3, -0.25) is 0 Å². The standard InChI is InChI=1S/C12H15N.ClH/c1-2-5-11(6-3-1)12-7-4-9-13-10-8-12;/h1-3,5-7,13H,4,8-10H2;1H. The van der Waals surface area contributed by atoms with Crippen LogP contribution in [0.3, 0.4) is 0 Å². The Morgan fingerprint density at radius 3 is 2.57 bits per heavy atom. The lowest BCUT2D eigenvalue weighted by Crippen LogP contribution is -2.13. The fraction of sp³-hybridized carbons (Fsp3) is 0.333. The fourth-order valence-electron chi connectivity index (χ4n) is 1.71. The summed E-state index contributed by atoms with van der Waals surface area (Å²) in [6, 6.07) is 10.7. The van der Waals surface area contributed by atoms with E-state index in [9.17, 15) is 0 Å². The molecule has 0 bridgehead atoms. The van der Waals surface area contributed by atoms with Crippen LogP contribution in [-0.4, -0.2) is 13.1 Å². The van der Waals surface area contributed by atoms with Crippen molar-refractivity contribution in [3.8, 4) is 0 Å². The van der Waals surface area contributed by atoms with Crippen LogP contribution in [-0.2, 0) is 0 Å². The zero-order valence-corrected chi connectivity index (χ0v) is 9.02. The predicted octanol–water partition coefficient (Wildman–Crippen LogP) is 2.88. The monoisotopic (exact) mass is 209 g/mol. The minimum atomic E-state index is 0. The Labute approximate surface area is 91.6 Å². The molecule has 2 rings (SSSR count). The average molecular weight is 210 g/mol. The minimum Gasteiger partial charge on any atom is -0.316 e. The van der Waals surface area contributed by atoms with E-state index < -0.39 is 0 Å². The van der Waals surface area contributed by atoms with Crippen molar-refractivity contribution in [3.05, 3.63) is 42.0 Å². The van der Waals surface area contributed by atoms with Crippen molar-refractivity contribution in [3.63, 3.8) is 0 Å². The molecule has 0 spiro atoms. The topological polar surface area (TPSA) is 12.0 Å². The van der Waals surface area contributed by atoms with Crippen LogP contribution < -0.4 is 5.32 Å². The normalized spacial score (nSPS) is 16.4. The molecule has 1 aliphatic heterocycles. The first-order chi connectivity index (χ1) is 6.47. The van der Waals surface area contributed by atoms with Crippen molar-refractivity contribution >= 4 is 18.0 Å². The molecule has 0 unspecified atom stereocenters. The fourth-order valence-corrected chi connectivity index (χ4v) is 1.71. The summed E-state index contributed by atoms with van der Waals surface area (Å²) < 4.78 is 0. The van der Waals surface area contributed by atoms with Crippen molar-refractivity contribution in [1.29, 1.82) is 0 Å². The molecule has 0 atom stereocenters. The third-order valence-corrected chi connectivity index (χ3v) is 2.43. The lowest BCUT2D eigenvalue weighted by molar-refractivity contribution is 0.718. The van der Waals surface area contributed by atoms with Crippen molar-refractivity contribution in [2.75, 3.05) is 13.1 Å². The van der Waals surface area contributed by atoms with Gasteiger partial charge in [0.1, 0.15) is 0 Å². The molecule has 14 heavy (non-hydrogen) atoms. The van der Waals surface area contributed by atoms with Gasteiger partial charge in [0.2, 0.25) is 0 Å². The summed E-state index contributed by atoms with van der Waals surface area (Å²) in [4.78, 5) is 0. The zero-order chi connectivity index (χ0) is 8.93. The van der Waals surface area contributed by atoms with Crippen LogP contribution >= 0.6 is 12.4 Å². The van der Waals surface area contributed by atoms with Crippen molar-refractivity contribution in [1.82, 2.24) is 5.32 Å². The lowest BCUT2D eigenvalue weighted by atomic mass is 10.0.